The Balaban J connectivity index is 2.04. The van der Waals surface area contributed by atoms with Gasteiger partial charge in [-0.25, -0.2) is 0 Å². The van der Waals surface area contributed by atoms with E-state index >= 15 is 0 Å². The molecule has 1 amide bonds. The minimum atomic E-state index is -4.56. The molecular weight excluding hydrogens is 327 g/mol. The molecule has 0 radical (unpaired) electrons. The zero-order valence-electron chi connectivity index (χ0n) is 12.2. The van der Waals surface area contributed by atoms with Crippen molar-refractivity contribution in [1.82, 2.24) is 0 Å². The Labute approximate surface area is 136 Å². The molecule has 120 valence electrons. The number of carbonyl (C=O) groups excluding carboxylic acids is 1. The molecule has 6 heteroatoms. The lowest BCUT2D eigenvalue weighted by Gasteiger charge is -2.30. The number of anilines is 1. The Kier molecular flexibility index (Phi) is 3.84. The third kappa shape index (κ3) is 2.81. The van der Waals surface area contributed by atoms with Crippen LogP contribution in [0.1, 0.15) is 27.0 Å². The Bertz CT molecular complexity index is 786. The first kappa shape index (κ1) is 15.9. The maximum absolute atomic E-state index is 13.0. The number of fused-ring (bicyclic) bond motifs is 1. The quantitative estimate of drug-likeness (QED) is 0.726. The molecule has 2 aromatic carbocycles. The maximum atomic E-state index is 13.0. The van der Waals surface area contributed by atoms with Gasteiger partial charge in [0.2, 0.25) is 0 Å². The lowest BCUT2D eigenvalue weighted by atomic mass is 9.94. The summed E-state index contributed by atoms with van der Waals surface area (Å²) < 4.78 is 39.0. The van der Waals surface area contributed by atoms with Crippen LogP contribution in [0.2, 0.25) is 5.02 Å². The number of amides is 1. The number of aryl methyl sites for hydroxylation is 1. The SMILES string of the molecule is Cc1cccc2c1C(=O)N(c1ccc(Cl)c(C(F)(F)F)c1)CC2. The summed E-state index contributed by atoms with van der Waals surface area (Å²) in [5.74, 6) is -0.278. The summed E-state index contributed by atoms with van der Waals surface area (Å²) in [5, 5.41) is -0.373. The molecule has 2 aromatic rings. The van der Waals surface area contributed by atoms with Crippen LogP contribution < -0.4 is 4.90 Å². The van der Waals surface area contributed by atoms with Gasteiger partial charge in [-0.3, -0.25) is 4.79 Å². The highest BCUT2D eigenvalue weighted by Crippen LogP contribution is 2.38. The van der Waals surface area contributed by atoms with Crippen LogP contribution in [0.25, 0.3) is 0 Å². The normalized spacial score (nSPS) is 14.8. The fraction of sp³-hybridized carbons (Fsp3) is 0.235. The molecule has 0 saturated carbocycles. The summed E-state index contributed by atoms with van der Waals surface area (Å²) >= 11 is 5.64. The van der Waals surface area contributed by atoms with E-state index in [0.717, 1.165) is 17.2 Å². The van der Waals surface area contributed by atoms with Crippen LogP contribution in [-0.2, 0) is 12.6 Å². The van der Waals surface area contributed by atoms with Crippen molar-refractivity contribution in [3.05, 3.63) is 63.7 Å². The van der Waals surface area contributed by atoms with E-state index in [4.69, 9.17) is 11.6 Å². The number of rotatable bonds is 1. The second-order valence-corrected chi connectivity index (χ2v) is 5.88. The van der Waals surface area contributed by atoms with Crippen molar-refractivity contribution in [3.63, 3.8) is 0 Å². The third-order valence-corrected chi connectivity index (χ3v) is 4.32. The predicted molar refractivity (Wildman–Crippen MR) is 83.0 cm³/mol. The van der Waals surface area contributed by atoms with E-state index in [1.165, 1.54) is 17.0 Å². The molecular formula is C17H13ClF3NO. The summed E-state index contributed by atoms with van der Waals surface area (Å²) in [6.45, 7) is 2.16. The van der Waals surface area contributed by atoms with Gasteiger partial charge in [-0.15, -0.1) is 0 Å². The van der Waals surface area contributed by atoms with Crippen LogP contribution in [0.15, 0.2) is 36.4 Å². The van der Waals surface area contributed by atoms with Gasteiger partial charge < -0.3 is 4.90 Å². The Hall–Kier alpha value is -2.01. The topological polar surface area (TPSA) is 20.3 Å². The summed E-state index contributed by atoms with van der Waals surface area (Å²) in [6, 6.07) is 9.13. The number of benzene rings is 2. The summed E-state index contributed by atoms with van der Waals surface area (Å²) in [6.07, 6.45) is -3.95. The van der Waals surface area contributed by atoms with Gasteiger partial charge in [0.25, 0.3) is 5.91 Å². The van der Waals surface area contributed by atoms with Crippen LogP contribution in [0.4, 0.5) is 18.9 Å². The van der Waals surface area contributed by atoms with Gasteiger partial charge in [-0.2, -0.15) is 13.2 Å². The van der Waals surface area contributed by atoms with Crippen LogP contribution in [0, 0.1) is 6.92 Å². The second kappa shape index (κ2) is 5.57. The zero-order chi connectivity index (χ0) is 16.8. The second-order valence-electron chi connectivity index (χ2n) is 5.48. The fourth-order valence-corrected chi connectivity index (χ4v) is 3.08. The molecule has 2 nitrogen and oxygen atoms in total. The number of hydrogen-bond acceptors (Lipinski definition) is 1. The Morgan fingerprint density at radius 3 is 2.61 bits per heavy atom. The van der Waals surface area contributed by atoms with Gasteiger partial charge in [-0.05, 0) is 42.7 Å². The molecule has 0 spiro atoms. The first-order valence-electron chi connectivity index (χ1n) is 7.06. The number of hydrogen-bond donors (Lipinski definition) is 0. The van der Waals surface area contributed by atoms with E-state index in [9.17, 15) is 18.0 Å². The highest BCUT2D eigenvalue weighted by Gasteiger charge is 2.35. The van der Waals surface area contributed by atoms with E-state index in [1.54, 1.807) is 0 Å². The molecule has 23 heavy (non-hydrogen) atoms. The molecule has 0 fully saturated rings. The number of halogens is 4. The molecule has 3 rings (SSSR count). The van der Waals surface area contributed by atoms with E-state index in [2.05, 4.69) is 0 Å². The van der Waals surface area contributed by atoms with E-state index in [1.807, 2.05) is 25.1 Å². The lowest BCUT2D eigenvalue weighted by molar-refractivity contribution is -0.137. The molecule has 0 atom stereocenters. The van der Waals surface area contributed by atoms with Gasteiger partial charge in [0.05, 0.1) is 10.6 Å². The van der Waals surface area contributed by atoms with Crippen molar-refractivity contribution in [1.29, 1.82) is 0 Å². The number of alkyl halides is 3. The molecule has 0 N–H and O–H groups in total. The van der Waals surface area contributed by atoms with E-state index in [-0.39, 0.29) is 16.6 Å². The van der Waals surface area contributed by atoms with Crippen molar-refractivity contribution in [2.24, 2.45) is 0 Å². The first-order chi connectivity index (χ1) is 10.8. The third-order valence-electron chi connectivity index (χ3n) is 3.99. The standard InChI is InChI=1S/C17H13ClF3NO/c1-10-3-2-4-11-7-8-22(16(23)15(10)11)12-5-6-14(18)13(9-12)17(19,20)21/h2-6,9H,7-8H2,1H3. The van der Waals surface area contributed by atoms with Gasteiger partial charge in [0.15, 0.2) is 0 Å². The molecule has 0 saturated heterocycles. The van der Waals surface area contributed by atoms with Crippen LogP contribution >= 0.6 is 11.6 Å². The monoisotopic (exact) mass is 339 g/mol. The van der Waals surface area contributed by atoms with Gasteiger partial charge in [-0.1, -0.05) is 29.8 Å². The van der Waals surface area contributed by atoms with Crippen LogP contribution in [0.3, 0.4) is 0 Å². The Morgan fingerprint density at radius 1 is 1.17 bits per heavy atom. The van der Waals surface area contributed by atoms with Crippen molar-refractivity contribution >= 4 is 23.2 Å². The van der Waals surface area contributed by atoms with E-state index in [0.29, 0.717) is 18.5 Å². The summed E-state index contributed by atoms with van der Waals surface area (Å²) in [4.78, 5) is 14.1. The average Bonchev–Trinajstić information content (AvgIpc) is 2.47. The van der Waals surface area contributed by atoms with Crippen molar-refractivity contribution in [2.75, 3.05) is 11.4 Å². The fourth-order valence-electron chi connectivity index (χ4n) is 2.86. The molecule has 1 aliphatic rings. The van der Waals surface area contributed by atoms with E-state index < -0.39 is 11.7 Å². The molecule has 0 aliphatic carbocycles. The van der Waals surface area contributed by atoms with Crippen LogP contribution in [-0.4, -0.2) is 12.5 Å². The largest absolute Gasteiger partial charge is 0.417 e. The number of carbonyl (C=O) groups is 1. The van der Waals surface area contributed by atoms with Gasteiger partial charge >= 0.3 is 6.18 Å². The zero-order valence-corrected chi connectivity index (χ0v) is 13.0. The maximum Gasteiger partial charge on any atom is 0.417 e. The predicted octanol–water partition coefficient (Wildman–Crippen LogP) is 4.87. The van der Waals surface area contributed by atoms with Crippen molar-refractivity contribution in [3.8, 4) is 0 Å². The smallest absolute Gasteiger partial charge is 0.308 e. The highest BCUT2D eigenvalue weighted by atomic mass is 35.5. The molecule has 0 bridgehead atoms. The molecule has 0 unspecified atom stereocenters. The summed E-state index contributed by atoms with van der Waals surface area (Å²) in [7, 11) is 0. The van der Waals surface area contributed by atoms with Crippen molar-refractivity contribution < 1.29 is 18.0 Å². The number of nitrogens with zero attached hydrogens (tertiary/aromatic N) is 1. The average molecular weight is 340 g/mol. The first-order valence-corrected chi connectivity index (χ1v) is 7.44. The highest BCUT2D eigenvalue weighted by molar-refractivity contribution is 6.31. The summed E-state index contributed by atoms with van der Waals surface area (Å²) in [5.41, 5.74) is 1.60. The van der Waals surface area contributed by atoms with Gasteiger partial charge in [0.1, 0.15) is 0 Å². The molecule has 0 aromatic heterocycles. The minimum Gasteiger partial charge on any atom is -0.308 e. The van der Waals surface area contributed by atoms with Gasteiger partial charge in [0, 0.05) is 17.8 Å². The van der Waals surface area contributed by atoms with Crippen LogP contribution in [0.5, 0.6) is 0 Å². The molecule has 1 aliphatic heterocycles. The molecule has 1 heterocycles. The lowest BCUT2D eigenvalue weighted by Crippen LogP contribution is -2.38. The van der Waals surface area contributed by atoms with Crippen molar-refractivity contribution in [2.45, 2.75) is 19.5 Å². The minimum absolute atomic E-state index is 0.209. The Morgan fingerprint density at radius 2 is 1.91 bits per heavy atom.